The quantitative estimate of drug-likeness (QED) is 0.624. The number of nitrogens with two attached hydrogens (primary N) is 1. The van der Waals surface area contributed by atoms with Crippen LogP contribution in [0.2, 0.25) is 0 Å². The Morgan fingerprint density at radius 2 is 1.70 bits per heavy atom. The van der Waals surface area contributed by atoms with Crippen molar-refractivity contribution >= 4 is 22.7 Å². The molecule has 3 aromatic rings. The van der Waals surface area contributed by atoms with Gasteiger partial charge in [0.05, 0.1) is 5.52 Å². The molecular weight excluding hydrogens is 376 g/mol. The molecule has 2 amide bonds. The second kappa shape index (κ2) is 9.50. The van der Waals surface area contributed by atoms with Crippen LogP contribution in [-0.2, 0) is 11.3 Å². The van der Waals surface area contributed by atoms with Gasteiger partial charge in [0.2, 0.25) is 5.91 Å². The molecule has 0 aliphatic carbocycles. The molecule has 0 saturated heterocycles. The molecule has 6 nitrogen and oxygen atoms in total. The first-order valence-electron chi connectivity index (χ1n) is 10.2. The number of hydrogen-bond donors (Lipinski definition) is 1. The summed E-state index contributed by atoms with van der Waals surface area (Å²) in [4.78, 5) is 32.9. The number of carbonyl (C=O) groups excluding carboxylic acids is 2. The maximum Gasteiger partial charge on any atom is 0.267 e. The van der Waals surface area contributed by atoms with E-state index in [1.807, 2.05) is 80.4 Å². The van der Waals surface area contributed by atoms with Crippen LogP contribution in [0.1, 0.15) is 41.5 Å². The van der Waals surface area contributed by atoms with Gasteiger partial charge in [-0.05, 0) is 50.2 Å². The maximum atomic E-state index is 13.3. The molecule has 6 heteroatoms. The molecule has 0 fully saturated rings. The lowest BCUT2D eigenvalue weighted by molar-refractivity contribution is -0.136. The Labute approximate surface area is 177 Å². The highest BCUT2D eigenvalue weighted by molar-refractivity contribution is 5.93. The molecule has 0 bridgehead atoms. The Balaban J connectivity index is 1.89. The highest BCUT2D eigenvalue weighted by Gasteiger charge is 2.28. The van der Waals surface area contributed by atoms with Crippen molar-refractivity contribution in [2.24, 2.45) is 5.73 Å². The van der Waals surface area contributed by atoms with Crippen LogP contribution in [0.3, 0.4) is 0 Å². The highest BCUT2D eigenvalue weighted by atomic mass is 16.2. The largest absolute Gasteiger partial charge is 0.364 e. The van der Waals surface area contributed by atoms with E-state index in [1.165, 1.54) is 0 Å². The van der Waals surface area contributed by atoms with Gasteiger partial charge in [-0.2, -0.15) is 0 Å². The van der Waals surface area contributed by atoms with Gasteiger partial charge in [-0.25, -0.2) is 4.98 Å². The molecule has 1 heterocycles. The van der Waals surface area contributed by atoms with Crippen LogP contribution in [0.4, 0.5) is 0 Å². The minimum absolute atomic E-state index is 0.0993. The Morgan fingerprint density at radius 1 is 1.00 bits per heavy atom. The summed E-state index contributed by atoms with van der Waals surface area (Å²) in [5.74, 6) is -0.441. The maximum absolute atomic E-state index is 13.3. The first-order chi connectivity index (χ1) is 14.4. The smallest absolute Gasteiger partial charge is 0.267 e. The van der Waals surface area contributed by atoms with Gasteiger partial charge in [0, 0.05) is 25.0 Å². The summed E-state index contributed by atoms with van der Waals surface area (Å²) < 4.78 is 0. The average Bonchev–Trinajstić information content (AvgIpc) is 2.75. The van der Waals surface area contributed by atoms with Crippen LogP contribution >= 0.6 is 0 Å². The Kier molecular flexibility index (Phi) is 6.79. The molecule has 2 aromatic carbocycles. The van der Waals surface area contributed by atoms with Gasteiger partial charge in [0.25, 0.3) is 5.91 Å². The number of aromatic nitrogens is 1. The summed E-state index contributed by atoms with van der Waals surface area (Å²) in [6, 6.07) is 18.9. The Morgan fingerprint density at radius 3 is 2.33 bits per heavy atom. The molecule has 2 N–H and O–H groups in total. The monoisotopic (exact) mass is 404 g/mol. The van der Waals surface area contributed by atoms with E-state index in [2.05, 4.69) is 9.88 Å². The Hall–Kier alpha value is -3.25. The molecule has 0 saturated carbocycles. The minimum atomic E-state index is -0.540. The predicted octanol–water partition coefficient (Wildman–Crippen LogP) is 3.38. The van der Waals surface area contributed by atoms with Gasteiger partial charge < -0.3 is 10.6 Å². The van der Waals surface area contributed by atoms with Gasteiger partial charge in [-0.3, -0.25) is 14.5 Å². The lowest BCUT2D eigenvalue weighted by Gasteiger charge is -2.32. The molecule has 1 atom stereocenters. The summed E-state index contributed by atoms with van der Waals surface area (Å²) >= 11 is 0. The molecule has 0 aliphatic rings. The van der Waals surface area contributed by atoms with Crippen molar-refractivity contribution in [3.05, 3.63) is 77.5 Å². The highest BCUT2D eigenvalue weighted by Crippen LogP contribution is 2.25. The third kappa shape index (κ3) is 4.66. The number of nitrogens with zero attached hydrogens (tertiary/aromatic N) is 3. The van der Waals surface area contributed by atoms with E-state index in [1.54, 1.807) is 6.07 Å². The van der Waals surface area contributed by atoms with E-state index in [-0.39, 0.29) is 17.6 Å². The number of primary amides is 1. The minimum Gasteiger partial charge on any atom is -0.364 e. The van der Waals surface area contributed by atoms with Crippen molar-refractivity contribution in [2.45, 2.75) is 26.4 Å². The van der Waals surface area contributed by atoms with E-state index in [9.17, 15) is 9.59 Å². The van der Waals surface area contributed by atoms with Crippen LogP contribution < -0.4 is 5.73 Å². The number of benzene rings is 2. The molecule has 0 aliphatic heterocycles. The average molecular weight is 405 g/mol. The van der Waals surface area contributed by atoms with E-state index in [0.29, 0.717) is 19.6 Å². The third-order valence-corrected chi connectivity index (χ3v) is 5.30. The molecule has 156 valence electrons. The number of rotatable bonds is 8. The number of hydrogen-bond acceptors (Lipinski definition) is 4. The first-order valence-corrected chi connectivity index (χ1v) is 10.2. The van der Waals surface area contributed by atoms with Crippen molar-refractivity contribution in [1.29, 1.82) is 0 Å². The van der Waals surface area contributed by atoms with Crippen LogP contribution in [-0.4, -0.2) is 46.7 Å². The fourth-order valence-corrected chi connectivity index (χ4v) is 3.72. The first kappa shape index (κ1) is 21.5. The number of likely N-dealkylation sites (N-methyl/N-ethyl adjacent to an activating group) is 2. The van der Waals surface area contributed by atoms with Gasteiger partial charge in [-0.1, -0.05) is 42.5 Å². The second-order valence-corrected chi connectivity index (χ2v) is 7.33. The second-order valence-electron chi connectivity index (χ2n) is 7.33. The van der Waals surface area contributed by atoms with Crippen molar-refractivity contribution in [1.82, 2.24) is 14.8 Å². The third-order valence-electron chi connectivity index (χ3n) is 5.30. The van der Waals surface area contributed by atoms with Gasteiger partial charge in [0.1, 0.15) is 11.7 Å². The fourth-order valence-electron chi connectivity index (χ4n) is 3.72. The Bertz CT molecular complexity index is 1030. The lowest BCUT2D eigenvalue weighted by Crippen LogP contribution is -2.41. The van der Waals surface area contributed by atoms with E-state index < -0.39 is 5.91 Å². The number of amides is 2. The molecule has 0 spiro atoms. The van der Waals surface area contributed by atoms with Crippen LogP contribution in [0.25, 0.3) is 10.9 Å². The molecule has 1 unspecified atom stereocenters. The molecule has 1 aromatic heterocycles. The van der Waals surface area contributed by atoms with E-state index >= 15 is 0 Å². The van der Waals surface area contributed by atoms with Crippen molar-refractivity contribution in [2.75, 3.05) is 20.1 Å². The number of carbonyl (C=O) groups is 2. The number of fused-ring (bicyclic) bond motifs is 1. The number of pyridine rings is 1. The van der Waals surface area contributed by atoms with Crippen LogP contribution in [0.15, 0.2) is 60.7 Å². The van der Waals surface area contributed by atoms with Gasteiger partial charge >= 0.3 is 0 Å². The fraction of sp³-hybridized carbons (Fsp3) is 0.292. The van der Waals surface area contributed by atoms with Crippen molar-refractivity contribution < 1.29 is 9.59 Å². The lowest BCUT2D eigenvalue weighted by atomic mass is 10.0. The van der Waals surface area contributed by atoms with E-state index in [0.717, 1.165) is 22.0 Å². The summed E-state index contributed by atoms with van der Waals surface area (Å²) in [6.45, 7) is 5.95. The summed E-state index contributed by atoms with van der Waals surface area (Å²) in [7, 11) is 1.97. The summed E-state index contributed by atoms with van der Waals surface area (Å²) in [5, 5.41) is 0.928. The zero-order chi connectivity index (χ0) is 21.7. The zero-order valence-corrected chi connectivity index (χ0v) is 17.7. The van der Waals surface area contributed by atoms with Crippen LogP contribution in [0.5, 0.6) is 0 Å². The summed E-state index contributed by atoms with van der Waals surface area (Å²) in [6.07, 6.45) is 0. The van der Waals surface area contributed by atoms with Gasteiger partial charge in [0.15, 0.2) is 0 Å². The zero-order valence-electron chi connectivity index (χ0n) is 17.7. The van der Waals surface area contributed by atoms with Crippen molar-refractivity contribution in [3.8, 4) is 0 Å². The molecule has 3 rings (SSSR count). The SMILES string of the molecule is CCN(CC)C(=O)C(c1ccccc1)N(C)Cc1ccc2nc(C(N)=O)ccc2c1. The topological polar surface area (TPSA) is 79.5 Å². The molecule has 0 radical (unpaired) electrons. The molecular formula is C24H28N4O2. The van der Waals surface area contributed by atoms with Gasteiger partial charge in [-0.15, -0.1) is 0 Å². The summed E-state index contributed by atoms with van der Waals surface area (Å²) in [5.41, 5.74) is 8.33. The van der Waals surface area contributed by atoms with E-state index in [4.69, 9.17) is 5.73 Å². The normalized spacial score (nSPS) is 12.1. The predicted molar refractivity (Wildman–Crippen MR) is 119 cm³/mol. The van der Waals surface area contributed by atoms with Crippen LogP contribution in [0, 0.1) is 0 Å². The van der Waals surface area contributed by atoms with Crippen molar-refractivity contribution in [3.63, 3.8) is 0 Å². The molecule has 30 heavy (non-hydrogen) atoms. The standard InChI is InChI=1S/C24H28N4O2/c1-4-28(5-2)24(30)22(18-9-7-6-8-10-18)27(3)16-17-11-13-20-19(15-17)12-14-21(26-20)23(25)29/h6-15,22H,4-5,16H2,1-3H3,(H2,25,29).